The Morgan fingerprint density at radius 2 is 1.22 bits per heavy atom. The number of sulfone groups is 2. The lowest BCUT2D eigenvalue weighted by molar-refractivity contribution is -0.905. The number of nitrogens with zero attached hydrogens (tertiary/aromatic N) is 1. The summed E-state index contributed by atoms with van der Waals surface area (Å²) in [6.45, 7) is -0.257. The predicted octanol–water partition coefficient (Wildman–Crippen LogP) is 1.81. The molecule has 138 valence electrons. The van der Waals surface area contributed by atoms with Crippen molar-refractivity contribution in [1.29, 1.82) is 0 Å². The zero-order valence-electron chi connectivity index (χ0n) is 11.8. The van der Waals surface area contributed by atoms with Gasteiger partial charge in [0.1, 0.15) is 0 Å². The lowest BCUT2D eigenvalue weighted by Gasteiger charge is -2.34. The number of quaternary nitrogens is 1. The van der Waals surface area contributed by atoms with Gasteiger partial charge in [0.25, 0.3) is 9.84 Å². The molecule has 0 unspecified atom stereocenters. The highest BCUT2D eigenvalue weighted by molar-refractivity contribution is 7.92. The highest BCUT2D eigenvalue weighted by Gasteiger charge is 2.52. The lowest BCUT2D eigenvalue weighted by atomic mass is 10.4. The summed E-state index contributed by atoms with van der Waals surface area (Å²) in [5.41, 5.74) is -10.9. The van der Waals surface area contributed by atoms with Crippen molar-refractivity contribution in [3.8, 4) is 0 Å². The van der Waals surface area contributed by atoms with E-state index in [0.29, 0.717) is 12.8 Å². The van der Waals surface area contributed by atoms with E-state index in [0.717, 1.165) is 0 Å². The molecule has 1 aliphatic rings. The molecule has 0 saturated carbocycles. The minimum atomic E-state index is -5.45. The number of rotatable bonds is 6. The van der Waals surface area contributed by atoms with Gasteiger partial charge in [0.2, 0.25) is 9.84 Å². The fourth-order valence-electron chi connectivity index (χ4n) is 2.56. The second kappa shape index (κ2) is 6.39. The largest absolute Gasteiger partial charge is 0.502 e. The first kappa shape index (κ1) is 20.5. The number of hydrogen-bond donors (Lipinski definition) is 0. The van der Waals surface area contributed by atoms with Crippen molar-refractivity contribution >= 4 is 19.7 Å². The summed E-state index contributed by atoms with van der Waals surface area (Å²) in [6.07, 6.45) is 0.300. The second-order valence-electron chi connectivity index (χ2n) is 5.53. The second-order valence-corrected chi connectivity index (χ2v) is 9.58. The smallest absolute Gasteiger partial charge is 0.311 e. The van der Waals surface area contributed by atoms with Gasteiger partial charge in [0.15, 0.2) is 5.88 Å². The summed E-state index contributed by atoms with van der Waals surface area (Å²) in [5, 5.41) is 0. The Kier molecular flexibility index (Phi) is 5.69. The molecule has 13 heteroatoms. The number of alkyl halides is 6. The molecule has 1 rings (SSSR count). The molecule has 0 atom stereocenters. The summed E-state index contributed by atoms with van der Waals surface area (Å²) < 4.78 is 118. The average Bonchev–Trinajstić information content (AvgIpc) is 2.73. The highest BCUT2D eigenvalue weighted by atomic mass is 32.2. The van der Waals surface area contributed by atoms with Crippen molar-refractivity contribution in [2.75, 3.05) is 31.3 Å². The van der Waals surface area contributed by atoms with Gasteiger partial charge in [-0.1, -0.05) is 0 Å². The Bertz CT molecular complexity index is 617. The van der Waals surface area contributed by atoms with E-state index in [-0.39, 0.29) is 19.6 Å². The van der Waals surface area contributed by atoms with Crippen LogP contribution in [0.4, 0.5) is 26.3 Å². The van der Waals surface area contributed by atoms with E-state index in [1.54, 1.807) is 0 Å². The van der Waals surface area contributed by atoms with Crippen molar-refractivity contribution in [3.05, 3.63) is 0 Å². The minimum absolute atomic E-state index is 0.0569. The van der Waals surface area contributed by atoms with Crippen LogP contribution in [-0.4, -0.2) is 63.6 Å². The SMILES string of the molecule is O=S(=O)(CCC[N+]1(CS(=O)(=O)C(F)(F)F)CCCC1)C(F)(F)F. The van der Waals surface area contributed by atoms with Gasteiger partial charge in [-0.3, -0.25) is 0 Å². The van der Waals surface area contributed by atoms with Crippen molar-refractivity contribution in [2.45, 2.75) is 30.3 Å². The zero-order valence-corrected chi connectivity index (χ0v) is 13.5. The number of likely N-dealkylation sites (tertiary alicyclic amines) is 1. The molecule has 0 aromatic carbocycles. The molecule has 23 heavy (non-hydrogen) atoms. The van der Waals surface area contributed by atoms with E-state index >= 15 is 0 Å². The summed E-state index contributed by atoms with van der Waals surface area (Å²) in [7, 11) is -10.8. The lowest BCUT2D eigenvalue weighted by Crippen LogP contribution is -2.52. The van der Waals surface area contributed by atoms with Gasteiger partial charge < -0.3 is 4.48 Å². The zero-order chi connectivity index (χ0) is 18.2. The van der Waals surface area contributed by atoms with E-state index in [1.807, 2.05) is 0 Å². The molecule has 0 aliphatic carbocycles. The monoisotopic (exact) mass is 392 g/mol. The first-order valence-electron chi connectivity index (χ1n) is 6.55. The van der Waals surface area contributed by atoms with Crippen molar-refractivity contribution in [3.63, 3.8) is 0 Å². The van der Waals surface area contributed by atoms with Crippen LogP contribution >= 0.6 is 0 Å². The van der Waals surface area contributed by atoms with Crippen LogP contribution < -0.4 is 0 Å². The third-order valence-electron chi connectivity index (χ3n) is 3.71. The highest BCUT2D eigenvalue weighted by Crippen LogP contribution is 2.30. The Labute approximate surface area is 129 Å². The number of hydrogen-bond acceptors (Lipinski definition) is 4. The molecule has 0 N–H and O–H groups in total. The molecule has 0 aromatic rings. The van der Waals surface area contributed by atoms with Crippen LogP contribution in [0.2, 0.25) is 0 Å². The quantitative estimate of drug-likeness (QED) is 0.511. The fraction of sp³-hybridized carbons (Fsp3) is 1.00. The summed E-state index contributed by atoms with van der Waals surface area (Å²) in [4.78, 5) is 0. The average molecular weight is 392 g/mol. The third-order valence-corrected chi connectivity index (χ3v) is 6.83. The molecular formula is C10H16F6NO4S2+. The van der Waals surface area contributed by atoms with Crippen molar-refractivity contribution in [2.24, 2.45) is 0 Å². The summed E-state index contributed by atoms with van der Waals surface area (Å²) >= 11 is 0. The van der Waals surface area contributed by atoms with Gasteiger partial charge in [0.05, 0.1) is 25.4 Å². The molecule has 1 heterocycles. The topological polar surface area (TPSA) is 68.3 Å². The predicted molar refractivity (Wildman–Crippen MR) is 68.4 cm³/mol. The molecule has 0 amide bonds. The van der Waals surface area contributed by atoms with Crippen molar-refractivity contribution in [1.82, 2.24) is 0 Å². The van der Waals surface area contributed by atoms with E-state index in [4.69, 9.17) is 0 Å². The molecule has 0 aromatic heterocycles. The maximum absolute atomic E-state index is 12.5. The Hall–Kier alpha value is -0.560. The van der Waals surface area contributed by atoms with Crippen LogP contribution in [0.15, 0.2) is 0 Å². The maximum atomic E-state index is 12.5. The molecule has 5 nitrogen and oxygen atoms in total. The molecule has 0 bridgehead atoms. The Morgan fingerprint density at radius 1 is 0.783 bits per heavy atom. The van der Waals surface area contributed by atoms with Gasteiger partial charge in [-0.05, 0) is 0 Å². The van der Waals surface area contributed by atoms with Crippen LogP contribution in [0.5, 0.6) is 0 Å². The van der Waals surface area contributed by atoms with E-state index in [9.17, 15) is 43.2 Å². The maximum Gasteiger partial charge on any atom is 0.502 e. The molecule has 0 radical (unpaired) electrons. The summed E-state index contributed by atoms with van der Waals surface area (Å²) in [6, 6.07) is 0. The first-order valence-corrected chi connectivity index (χ1v) is 9.86. The normalized spacial score (nSPS) is 19.9. The fourth-order valence-corrected chi connectivity index (χ4v) is 4.56. The molecule has 1 fully saturated rings. The van der Waals surface area contributed by atoms with Gasteiger partial charge in [-0.2, -0.15) is 26.3 Å². The van der Waals surface area contributed by atoms with E-state index in [2.05, 4.69) is 0 Å². The van der Waals surface area contributed by atoms with Crippen LogP contribution in [0.3, 0.4) is 0 Å². The Morgan fingerprint density at radius 3 is 1.61 bits per heavy atom. The van der Waals surface area contributed by atoms with Gasteiger partial charge in [0, 0.05) is 19.3 Å². The molecule has 0 spiro atoms. The molecule has 1 aliphatic heterocycles. The van der Waals surface area contributed by atoms with Gasteiger partial charge in [-0.25, -0.2) is 16.8 Å². The number of halogens is 6. The van der Waals surface area contributed by atoms with E-state index in [1.165, 1.54) is 0 Å². The standard InChI is InChI=1S/C10H16F6NO4S2/c11-9(12,13)22(18,19)7-3-6-17(4-1-2-5-17)8-23(20,21)10(14,15)16/h1-8H2/q+1. The van der Waals surface area contributed by atoms with Gasteiger partial charge >= 0.3 is 11.0 Å². The molecular weight excluding hydrogens is 376 g/mol. The Balaban J connectivity index is 2.81. The van der Waals surface area contributed by atoms with Crippen LogP contribution in [-0.2, 0) is 19.7 Å². The van der Waals surface area contributed by atoms with Gasteiger partial charge in [-0.15, -0.1) is 0 Å². The molecule has 1 saturated heterocycles. The van der Waals surface area contributed by atoms with Crippen molar-refractivity contribution < 1.29 is 47.7 Å². The first-order chi connectivity index (χ1) is 10.1. The van der Waals surface area contributed by atoms with Crippen LogP contribution in [0, 0.1) is 0 Å². The van der Waals surface area contributed by atoms with Crippen LogP contribution in [0.1, 0.15) is 19.3 Å². The minimum Gasteiger partial charge on any atom is -0.311 e. The van der Waals surface area contributed by atoms with Crippen LogP contribution in [0.25, 0.3) is 0 Å². The third kappa shape index (κ3) is 4.95. The van der Waals surface area contributed by atoms with E-state index < -0.39 is 53.2 Å². The summed E-state index contributed by atoms with van der Waals surface area (Å²) in [5.74, 6) is -2.55.